The zero-order valence-electron chi connectivity index (χ0n) is 16.7. The predicted molar refractivity (Wildman–Crippen MR) is 113 cm³/mol. The maximum Gasteiger partial charge on any atom is 0.230 e. The monoisotopic (exact) mass is 383 g/mol. The van der Waals surface area contributed by atoms with E-state index in [1.165, 1.54) is 11.1 Å². The molecule has 0 spiro atoms. The smallest absolute Gasteiger partial charge is 0.230 e. The van der Waals surface area contributed by atoms with Crippen LogP contribution in [0.2, 0.25) is 5.02 Å². The molecule has 1 atom stereocenters. The van der Waals surface area contributed by atoms with Crippen molar-refractivity contribution >= 4 is 17.5 Å². The Morgan fingerprint density at radius 1 is 1.11 bits per heavy atom. The van der Waals surface area contributed by atoms with Gasteiger partial charge in [0.2, 0.25) is 5.91 Å². The molecule has 0 aliphatic carbocycles. The molecule has 0 N–H and O–H groups in total. The van der Waals surface area contributed by atoms with Crippen LogP contribution in [0, 0.1) is 19.8 Å². The van der Waals surface area contributed by atoms with Crippen molar-refractivity contribution in [3.05, 3.63) is 69.7 Å². The SMILES string of the molecule is Cc1cc(C)cc(C(CCc2ccccc2Cl)C(=O)N2CCC(C)CC2)c1. The molecule has 0 bridgehead atoms. The predicted octanol–water partition coefficient (Wildman–Crippen LogP) is 5.93. The molecule has 0 saturated carbocycles. The highest BCUT2D eigenvalue weighted by Crippen LogP contribution is 2.29. The van der Waals surface area contributed by atoms with Crippen molar-refractivity contribution < 1.29 is 4.79 Å². The van der Waals surface area contributed by atoms with Crippen molar-refractivity contribution in [2.75, 3.05) is 13.1 Å². The van der Waals surface area contributed by atoms with Gasteiger partial charge < -0.3 is 4.90 Å². The molecule has 1 heterocycles. The molecule has 27 heavy (non-hydrogen) atoms. The summed E-state index contributed by atoms with van der Waals surface area (Å²) in [4.78, 5) is 15.5. The van der Waals surface area contributed by atoms with Gasteiger partial charge in [0.25, 0.3) is 0 Å². The molecule has 1 unspecified atom stereocenters. The summed E-state index contributed by atoms with van der Waals surface area (Å²) in [5.41, 5.74) is 4.69. The van der Waals surface area contributed by atoms with Gasteiger partial charge in [0.1, 0.15) is 0 Å². The van der Waals surface area contributed by atoms with E-state index in [2.05, 4.69) is 49.9 Å². The van der Waals surface area contributed by atoms with Crippen molar-refractivity contribution in [1.82, 2.24) is 4.90 Å². The van der Waals surface area contributed by atoms with Crippen molar-refractivity contribution in [2.24, 2.45) is 5.92 Å². The van der Waals surface area contributed by atoms with Crippen LogP contribution in [0.15, 0.2) is 42.5 Å². The summed E-state index contributed by atoms with van der Waals surface area (Å²) < 4.78 is 0. The maximum absolute atomic E-state index is 13.4. The number of hydrogen-bond donors (Lipinski definition) is 0. The third-order valence-corrected chi connectivity index (χ3v) is 6.07. The van der Waals surface area contributed by atoms with Crippen molar-refractivity contribution in [2.45, 2.75) is 52.4 Å². The Kier molecular flexibility index (Phi) is 6.59. The molecule has 0 radical (unpaired) electrons. The molecule has 1 fully saturated rings. The Hall–Kier alpha value is -1.80. The second-order valence-electron chi connectivity index (χ2n) is 8.11. The van der Waals surface area contributed by atoms with Crippen LogP contribution in [0.3, 0.4) is 0 Å². The lowest BCUT2D eigenvalue weighted by Gasteiger charge is -2.33. The molecule has 1 aliphatic rings. The first-order valence-electron chi connectivity index (χ1n) is 10.0. The molecule has 2 nitrogen and oxygen atoms in total. The van der Waals surface area contributed by atoms with E-state index in [1.54, 1.807) is 0 Å². The Morgan fingerprint density at radius 3 is 2.37 bits per heavy atom. The summed E-state index contributed by atoms with van der Waals surface area (Å²) in [7, 11) is 0. The molecule has 1 amide bonds. The Balaban J connectivity index is 1.84. The van der Waals surface area contributed by atoms with Gasteiger partial charge in [-0.25, -0.2) is 0 Å². The largest absolute Gasteiger partial charge is 0.342 e. The van der Waals surface area contributed by atoms with E-state index in [1.807, 2.05) is 18.2 Å². The van der Waals surface area contributed by atoms with Gasteiger partial charge in [-0.2, -0.15) is 0 Å². The highest BCUT2D eigenvalue weighted by molar-refractivity contribution is 6.31. The number of hydrogen-bond acceptors (Lipinski definition) is 1. The first-order valence-corrected chi connectivity index (χ1v) is 10.4. The Labute approximate surface area is 168 Å². The molecule has 1 aliphatic heterocycles. The molecule has 2 aromatic carbocycles. The number of piperidine rings is 1. The summed E-state index contributed by atoms with van der Waals surface area (Å²) >= 11 is 6.35. The topological polar surface area (TPSA) is 20.3 Å². The minimum absolute atomic E-state index is 0.103. The van der Waals surface area contributed by atoms with Crippen molar-refractivity contribution in [3.63, 3.8) is 0 Å². The van der Waals surface area contributed by atoms with Crippen molar-refractivity contribution in [1.29, 1.82) is 0 Å². The van der Waals surface area contributed by atoms with Gasteiger partial charge in [-0.3, -0.25) is 4.79 Å². The summed E-state index contributed by atoms with van der Waals surface area (Å²) in [5.74, 6) is 0.893. The number of aryl methyl sites for hydroxylation is 3. The summed E-state index contributed by atoms with van der Waals surface area (Å²) in [6.07, 6.45) is 3.82. The normalized spacial score (nSPS) is 16.4. The van der Waals surface area contributed by atoms with Crippen molar-refractivity contribution in [3.8, 4) is 0 Å². The number of rotatable bonds is 5. The van der Waals surface area contributed by atoms with E-state index in [4.69, 9.17) is 11.6 Å². The highest BCUT2D eigenvalue weighted by atomic mass is 35.5. The van der Waals surface area contributed by atoms with Crippen LogP contribution in [-0.4, -0.2) is 23.9 Å². The van der Waals surface area contributed by atoms with Crippen LogP contribution in [-0.2, 0) is 11.2 Å². The first-order chi connectivity index (χ1) is 12.9. The Bertz CT molecular complexity index is 772. The van der Waals surface area contributed by atoms with Crippen LogP contribution in [0.1, 0.15) is 54.4 Å². The van der Waals surface area contributed by atoms with E-state index in [-0.39, 0.29) is 11.8 Å². The summed E-state index contributed by atoms with van der Waals surface area (Å²) in [6.45, 7) is 8.25. The average molecular weight is 384 g/mol. The fourth-order valence-electron chi connectivity index (χ4n) is 4.09. The molecular formula is C24H30ClNO. The van der Waals surface area contributed by atoms with Gasteiger partial charge in [0.15, 0.2) is 0 Å². The summed E-state index contributed by atoms with van der Waals surface area (Å²) in [6, 6.07) is 14.5. The van der Waals surface area contributed by atoms with Crippen LogP contribution >= 0.6 is 11.6 Å². The van der Waals surface area contributed by atoms with Crippen LogP contribution in [0.5, 0.6) is 0 Å². The standard InChI is InChI=1S/C24H30ClNO/c1-17-10-12-26(13-11-17)24(27)22(21-15-18(2)14-19(3)16-21)9-8-20-6-4-5-7-23(20)25/h4-7,14-17,22H,8-13H2,1-3H3. The van der Waals surface area contributed by atoms with Crippen LogP contribution in [0.4, 0.5) is 0 Å². The lowest BCUT2D eigenvalue weighted by Crippen LogP contribution is -2.40. The summed E-state index contributed by atoms with van der Waals surface area (Å²) in [5, 5.41) is 0.788. The van der Waals surface area contributed by atoms with Gasteiger partial charge in [-0.1, -0.05) is 66.0 Å². The van der Waals surface area contributed by atoms with E-state index < -0.39 is 0 Å². The van der Waals surface area contributed by atoms with E-state index in [0.29, 0.717) is 0 Å². The lowest BCUT2D eigenvalue weighted by molar-refractivity contribution is -0.134. The van der Waals surface area contributed by atoms with Gasteiger partial charge in [-0.05, 0) is 62.6 Å². The van der Waals surface area contributed by atoms with E-state index in [9.17, 15) is 4.79 Å². The maximum atomic E-state index is 13.4. The number of likely N-dealkylation sites (tertiary alicyclic amines) is 1. The fourth-order valence-corrected chi connectivity index (χ4v) is 4.32. The molecule has 3 heteroatoms. The second-order valence-corrected chi connectivity index (χ2v) is 8.52. The van der Waals surface area contributed by atoms with Gasteiger partial charge in [0, 0.05) is 18.1 Å². The number of amides is 1. The molecule has 3 rings (SSSR count). The minimum Gasteiger partial charge on any atom is -0.342 e. The lowest BCUT2D eigenvalue weighted by atomic mass is 9.88. The number of carbonyl (C=O) groups is 1. The van der Waals surface area contributed by atoms with E-state index in [0.717, 1.165) is 60.8 Å². The minimum atomic E-state index is -0.103. The highest BCUT2D eigenvalue weighted by Gasteiger charge is 2.28. The third-order valence-electron chi connectivity index (χ3n) is 5.70. The van der Waals surface area contributed by atoms with Crippen LogP contribution in [0.25, 0.3) is 0 Å². The fraction of sp³-hybridized carbons (Fsp3) is 0.458. The zero-order valence-corrected chi connectivity index (χ0v) is 17.4. The third kappa shape index (κ3) is 5.13. The second kappa shape index (κ2) is 8.93. The zero-order chi connectivity index (χ0) is 19.4. The molecule has 1 saturated heterocycles. The number of halogens is 1. The first kappa shape index (κ1) is 19.9. The molecular weight excluding hydrogens is 354 g/mol. The Morgan fingerprint density at radius 2 is 1.74 bits per heavy atom. The number of nitrogens with zero attached hydrogens (tertiary/aromatic N) is 1. The van der Waals surface area contributed by atoms with Gasteiger partial charge in [0.05, 0.1) is 5.92 Å². The van der Waals surface area contributed by atoms with Crippen LogP contribution < -0.4 is 0 Å². The average Bonchev–Trinajstić information content (AvgIpc) is 2.63. The van der Waals surface area contributed by atoms with Gasteiger partial charge >= 0.3 is 0 Å². The number of benzene rings is 2. The quantitative estimate of drug-likeness (QED) is 0.626. The van der Waals surface area contributed by atoms with E-state index >= 15 is 0 Å². The number of carbonyl (C=O) groups excluding carboxylic acids is 1. The molecule has 144 valence electrons. The molecule has 2 aromatic rings. The molecule has 0 aromatic heterocycles. The van der Waals surface area contributed by atoms with Gasteiger partial charge in [-0.15, -0.1) is 0 Å².